The summed E-state index contributed by atoms with van der Waals surface area (Å²) in [6.07, 6.45) is 17.2. The van der Waals surface area contributed by atoms with Crippen molar-refractivity contribution in [3.8, 4) is 0 Å². The summed E-state index contributed by atoms with van der Waals surface area (Å²) in [5, 5.41) is 0. The van der Waals surface area contributed by atoms with Gasteiger partial charge >= 0.3 is 0 Å². The summed E-state index contributed by atoms with van der Waals surface area (Å²) in [6.45, 7) is 12.9. The smallest absolute Gasteiger partial charge is 0.0201 e. The molecule has 0 amide bonds. The third kappa shape index (κ3) is 12.0. The summed E-state index contributed by atoms with van der Waals surface area (Å²) in [6, 6.07) is 0. The van der Waals surface area contributed by atoms with Crippen molar-refractivity contribution in [2.24, 2.45) is 5.92 Å². The second-order valence-electron chi connectivity index (χ2n) is 5.95. The Bertz CT molecular complexity index is 276. The molecule has 0 aromatic rings. The van der Waals surface area contributed by atoms with Crippen molar-refractivity contribution in [2.75, 3.05) is 0 Å². The molecule has 0 aliphatic carbocycles. The van der Waals surface area contributed by atoms with E-state index in [1.54, 1.807) is 0 Å². The maximum Gasteiger partial charge on any atom is -0.0201 e. The molecule has 0 aromatic heterocycles. The second-order valence-corrected chi connectivity index (χ2v) is 5.95. The summed E-state index contributed by atoms with van der Waals surface area (Å²) in [4.78, 5) is 0. The molecule has 0 N–H and O–H groups in total. The Morgan fingerprint density at radius 2 is 1.79 bits per heavy atom. The molecular formula is C19H34. The first-order chi connectivity index (χ1) is 9.10. The Morgan fingerprint density at radius 3 is 2.37 bits per heavy atom. The third-order valence-corrected chi connectivity index (χ3v) is 3.62. The maximum absolute atomic E-state index is 3.98. The van der Waals surface area contributed by atoms with Crippen LogP contribution in [0.25, 0.3) is 0 Å². The van der Waals surface area contributed by atoms with Gasteiger partial charge in [-0.1, -0.05) is 62.0 Å². The zero-order valence-corrected chi connectivity index (χ0v) is 13.7. The minimum Gasteiger partial charge on any atom is -0.103 e. The van der Waals surface area contributed by atoms with Gasteiger partial charge in [-0.2, -0.15) is 0 Å². The van der Waals surface area contributed by atoms with Gasteiger partial charge < -0.3 is 0 Å². The van der Waals surface area contributed by atoms with E-state index in [4.69, 9.17) is 0 Å². The lowest BCUT2D eigenvalue weighted by Gasteiger charge is -2.10. The van der Waals surface area contributed by atoms with Crippen LogP contribution in [-0.4, -0.2) is 0 Å². The molecule has 0 heterocycles. The minimum absolute atomic E-state index is 0.676. The Hall–Kier alpha value is -0.780. The van der Waals surface area contributed by atoms with E-state index < -0.39 is 0 Å². The summed E-state index contributed by atoms with van der Waals surface area (Å²) in [7, 11) is 0. The molecule has 0 saturated carbocycles. The molecule has 1 unspecified atom stereocenters. The van der Waals surface area contributed by atoms with Crippen LogP contribution in [0.2, 0.25) is 0 Å². The van der Waals surface area contributed by atoms with Gasteiger partial charge in [0, 0.05) is 0 Å². The molecule has 110 valence electrons. The van der Waals surface area contributed by atoms with Gasteiger partial charge in [0.25, 0.3) is 0 Å². The van der Waals surface area contributed by atoms with Crippen molar-refractivity contribution in [1.82, 2.24) is 0 Å². The van der Waals surface area contributed by atoms with Gasteiger partial charge in [-0.3, -0.25) is 0 Å². The van der Waals surface area contributed by atoms with Crippen molar-refractivity contribution in [3.05, 3.63) is 36.0 Å². The number of unbranched alkanes of at least 4 members (excludes halogenated alkanes) is 3. The maximum atomic E-state index is 3.98. The van der Waals surface area contributed by atoms with Crippen LogP contribution < -0.4 is 0 Å². The molecule has 0 bridgehead atoms. The minimum atomic E-state index is 0.676. The highest BCUT2D eigenvalue weighted by Gasteiger charge is 2.02. The molecular weight excluding hydrogens is 228 g/mol. The predicted molar refractivity (Wildman–Crippen MR) is 89.5 cm³/mol. The number of allylic oxidation sites excluding steroid dienone is 5. The molecule has 0 fully saturated rings. The van der Waals surface area contributed by atoms with Crippen molar-refractivity contribution in [2.45, 2.75) is 79.1 Å². The van der Waals surface area contributed by atoms with Crippen LogP contribution in [0.4, 0.5) is 0 Å². The van der Waals surface area contributed by atoms with E-state index in [0.717, 1.165) is 0 Å². The zero-order valence-electron chi connectivity index (χ0n) is 13.7. The van der Waals surface area contributed by atoms with Gasteiger partial charge in [0.2, 0.25) is 0 Å². The topological polar surface area (TPSA) is 0 Å². The van der Waals surface area contributed by atoms with E-state index in [1.165, 1.54) is 62.5 Å². The Kier molecular flexibility index (Phi) is 11.8. The normalized spacial score (nSPS) is 13.2. The summed E-state index contributed by atoms with van der Waals surface area (Å²) in [5.74, 6) is 0.676. The summed E-state index contributed by atoms with van der Waals surface area (Å²) >= 11 is 0. The fourth-order valence-corrected chi connectivity index (χ4v) is 2.21. The van der Waals surface area contributed by atoms with Crippen molar-refractivity contribution in [1.29, 1.82) is 0 Å². The fraction of sp³-hybridized carbons (Fsp3) is 0.684. The van der Waals surface area contributed by atoms with Crippen LogP contribution in [0.5, 0.6) is 0 Å². The third-order valence-electron chi connectivity index (χ3n) is 3.62. The lowest BCUT2D eigenvalue weighted by molar-refractivity contribution is 0.534. The number of rotatable bonds is 11. The highest BCUT2D eigenvalue weighted by Crippen LogP contribution is 2.18. The van der Waals surface area contributed by atoms with Gasteiger partial charge in [0.1, 0.15) is 0 Å². The first kappa shape index (κ1) is 18.2. The van der Waals surface area contributed by atoms with Crippen LogP contribution in [0.15, 0.2) is 36.0 Å². The van der Waals surface area contributed by atoms with E-state index in [2.05, 4.69) is 52.5 Å². The van der Waals surface area contributed by atoms with Gasteiger partial charge in [0.15, 0.2) is 0 Å². The number of hydrogen-bond acceptors (Lipinski definition) is 0. The molecule has 0 nitrogen and oxygen atoms in total. The monoisotopic (exact) mass is 262 g/mol. The van der Waals surface area contributed by atoms with Crippen LogP contribution >= 0.6 is 0 Å². The Labute approximate surface area is 121 Å². The average molecular weight is 262 g/mol. The van der Waals surface area contributed by atoms with Crippen molar-refractivity contribution >= 4 is 0 Å². The highest BCUT2D eigenvalue weighted by molar-refractivity contribution is 5.03. The highest BCUT2D eigenvalue weighted by atomic mass is 14.1. The van der Waals surface area contributed by atoms with Gasteiger partial charge in [-0.15, -0.1) is 6.58 Å². The van der Waals surface area contributed by atoms with Crippen LogP contribution in [0, 0.1) is 5.92 Å². The van der Waals surface area contributed by atoms with E-state index in [1.807, 2.05) is 0 Å². The molecule has 1 atom stereocenters. The average Bonchev–Trinajstić information content (AvgIpc) is 2.37. The molecule has 0 saturated heterocycles. The van der Waals surface area contributed by atoms with E-state index in [0.29, 0.717) is 5.92 Å². The van der Waals surface area contributed by atoms with Crippen LogP contribution in [-0.2, 0) is 0 Å². The standard InChI is InChI=1S/C19H34/c1-6-8-9-10-14-19(7-2)16-15-18(5)13-11-12-17(3)4/h7,12,15,19H,2,6,8-11,13-14,16H2,1,3-5H3/b18-15+. The number of hydrogen-bond donors (Lipinski definition) is 0. The first-order valence-corrected chi connectivity index (χ1v) is 8.01. The second kappa shape index (κ2) is 12.3. The van der Waals surface area contributed by atoms with Crippen LogP contribution in [0.1, 0.15) is 79.1 Å². The summed E-state index contributed by atoms with van der Waals surface area (Å²) < 4.78 is 0. The lowest BCUT2D eigenvalue weighted by atomic mass is 9.96. The molecule has 0 aliphatic rings. The zero-order chi connectivity index (χ0) is 14.5. The molecule has 0 heteroatoms. The van der Waals surface area contributed by atoms with E-state index in [-0.39, 0.29) is 0 Å². The molecule has 0 aliphatic heterocycles. The SMILES string of the molecule is C=CC(C/C=C(\C)CCC=C(C)C)CCCCCC. The molecule has 0 rings (SSSR count). The van der Waals surface area contributed by atoms with Crippen LogP contribution in [0.3, 0.4) is 0 Å². The lowest BCUT2D eigenvalue weighted by Crippen LogP contribution is -1.95. The van der Waals surface area contributed by atoms with Gasteiger partial charge in [-0.05, 0) is 52.4 Å². The molecule has 0 spiro atoms. The first-order valence-electron chi connectivity index (χ1n) is 8.01. The fourth-order valence-electron chi connectivity index (χ4n) is 2.21. The largest absolute Gasteiger partial charge is 0.103 e. The summed E-state index contributed by atoms with van der Waals surface area (Å²) in [5.41, 5.74) is 2.95. The van der Waals surface area contributed by atoms with Gasteiger partial charge in [0.05, 0.1) is 0 Å². The van der Waals surface area contributed by atoms with Gasteiger partial charge in [-0.25, -0.2) is 0 Å². The van der Waals surface area contributed by atoms with E-state index >= 15 is 0 Å². The molecule has 0 radical (unpaired) electrons. The Morgan fingerprint density at radius 1 is 1.05 bits per heavy atom. The van der Waals surface area contributed by atoms with Crippen molar-refractivity contribution in [3.63, 3.8) is 0 Å². The molecule has 0 aromatic carbocycles. The van der Waals surface area contributed by atoms with E-state index in [9.17, 15) is 0 Å². The quantitative estimate of drug-likeness (QED) is 0.282. The molecule has 19 heavy (non-hydrogen) atoms. The Balaban J connectivity index is 3.89. The van der Waals surface area contributed by atoms with Crippen molar-refractivity contribution < 1.29 is 0 Å². The predicted octanol–water partition coefficient (Wildman–Crippen LogP) is 6.84.